The molecule has 0 radical (unpaired) electrons. The summed E-state index contributed by atoms with van der Waals surface area (Å²) in [6.07, 6.45) is 1.81. The molecular weight excluding hydrogens is 260 g/mol. The van der Waals surface area contributed by atoms with Crippen molar-refractivity contribution in [3.05, 3.63) is 29.8 Å². The molecule has 1 aromatic carbocycles. The van der Waals surface area contributed by atoms with E-state index in [9.17, 15) is 4.79 Å². The number of amidine groups is 1. The number of carbonyl (C=O) groups is 1. The van der Waals surface area contributed by atoms with Crippen molar-refractivity contribution in [3.63, 3.8) is 0 Å². The zero-order chi connectivity index (χ0) is 15.4. The molecule has 108 valence electrons. The van der Waals surface area contributed by atoms with Crippen molar-refractivity contribution in [1.29, 1.82) is 5.41 Å². The highest BCUT2D eigenvalue weighted by Crippen LogP contribution is 2.17. The van der Waals surface area contributed by atoms with Gasteiger partial charge in [0, 0.05) is 12.7 Å². The zero-order valence-corrected chi connectivity index (χ0v) is 13.3. The minimum Gasteiger partial charge on any atom is -0.478 e. The fourth-order valence-corrected chi connectivity index (χ4v) is 1.48. The van der Waals surface area contributed by atoms with Crippen LogP contribution in [0.5, 0.6) is 0 Å². The Morgan fingerprint density at radius 1 is 1.26 bits per heavy atom. The number of nitrogens with one attached hydrogen (secondary N) is 1. The van der Waals surface area contributed by atoms with E-state index in [-0.39, 0.29) is 5.56 Å². The Bertz CT molecular complexity index is 395. The van der Waals surface area contributed by atoms with E-state index in [1.54, 1.807) is 36.4 Å². The first-order valence-electron chi connectivity index (χ1n) is 6.26. The summed E-state index contributed by atoms with van der Waals surface area (Å²) in [4.78, 5) is 12.4. The molecule has 19 heavy (non-hydrogen) atoms. The summed E-state index contributed by atoms with van der Waals surface area (Å²) in [6.45, 7) is 8.00. The van der Waals surface area contributed by atoms with E-state index in [1.807, 2.05) is 27.7 Å². The fraction of sp³-hybridized carbons (Fsp3) is 0.429. The van der Waals surface area contributed by atoms with Crippen LogP contribution in [0, 0.1) is 5.41 Å². The maximum absolute atomic E-state index is 10.7. The third-order valence-corrected chi connectivity index (χ3v) is 2.64. The van der Waals surface area contributed by atoms with Crippen LogP contribution in [0.15, 0.2) is 24.3 Å². The fourth-order valence-electron chi connectivity index (χ4n) is 1.10. The van der Waals surface area contributed by atoms with Crippen molar-refractivity contribution in [2.75, 3.05) is 18.2 Å². The normalized spacial score (nSPS) is 8.32. The number of thioether (sulfide) groups is 1. The largest absolute Gasteiger partial charge is 0.478 e. The van der Waals surface area contributed by atoms with Crippen molar-refractivity contribution in [2.45, 2.75) is 27.7 Å². The number of nitrogens with zero attached hydrogens (tertiary/aromatic N) is 1. The molecule has 0 amide bonds. The summed E-state index contributed by atoms with van der Waals surface area (Å²) < 4.78 is 0. The SMILES string of the molecule is CC.CC.CSC(=N)N(C)c1cccc(C(=O)O)c1. The molecule has 1 rings (SSSR count). The van der Waals surface area contributed by atoms with E-state index >= 15 is 0 Å². The van der Waals surface area contributed by atoms with Crippen LogP contribution in [0.3, 0.4) is 0 Å². The standard InChI is InChI=1S/C10H12N2O2S.2C2H6/c1-12(10(11)15-2)8-5-3-4-7(6-8)9(13)14;2*1-2/h3-6,11H,1-2H3,(H,13,14);2*1-2H3. The second-order valence-electron chi connectivity index (χ2n) is 2.92. The number of rotatable bonds is 2. The van der Waals surface area contributed by atoms with E-state index < -0.39 is 5.97 Å². The quantitative estimate of drug-likeness (QED) is 0.632. The predicted octanol–water partition coefficient (Wildman–Crippen LogP) is 4.17. The van der Waals surface area contributed by atoms with E-state index in [0.717, 1.165) is 0 Å². The van der Waals surface area contributed by atoms with Gasteiger partial charge in [-0.2, -0.15) is 0 Å². The monoisotopic (exact) mass is 284 g/mol. The molecule has 2 N–H and O–H groups in total. The summed E-state index contributed by atoms with van der Waals surface area (Å²) in [5, 5.41) is 16.8. The number of carboxylic acids is 1. The van der Waals surface area contributed by atoms with Crippen LogP contribution in [0.4, 0.5) is 5.69 Å². The van der Waals surface area contributed by atoms with Gasteiger partial charge in [0.25, 0.3) is 0 Å². The van der Waals surface area contributed by atoms with Gasteiger partial charge in [-0.15, -0.1) is 0 Å². The van der Waals surface area contributed by atoms with E-state index in [2.05, 4.69) is 0 Å². The van der Waals surface area contributed by atoms with Gasteiger partial charge in [0.1, 0.15) is 0 Å². The van der Waals surface area contributed by atoms with Crippen molar-refractivity contribution in [2.24, 2.45) is 0 Å². The van der Waals surface area contributed by atoms with Gasteiger partial charge < -0.3 is 10.0 Å². The third kappa shape index (κ3) is 6.86. The lowest BCUT2D eigenvalue weighted by atomic mass is 10.2. The summed E-state index contributed by atoms with van der Waals surface area (Å²) >= 11 is 1.30. The minimum atomic E-state index is -0.957. The van der Waals surface area contributed by atoms with Crippen molar-refractivity contribution >= 4 is 28.6 Å². The van der Waals surface area contributed by atoms with Gasteiger partial charge in [0.2, 0.25) is 0 Å². The van der Waals surface area contributed by atoms with Gasteiger partial charge in [-0.25, -0.2) is 4.79 Å². The predicted molar refractivity (Wildman–Crippen MR) is 85.7 cm³/mol. The van der Waals surface area contributed by atoms with Gasteiger partial charge in [0.15, 0.2) is 5.17 Å². The number of benzene rings is 1. The molecule has 0 atom stereocenters. The lowest BCUT2D eigenvalue weighted by molar-refractivity contribution is 0.0697. The van der Waals surface area contributed by atoms with Crippen LogP contribution in [0.2, 0.25) is 0 Å². The molecule has 0 unspecified atom stereocenters. The van der Waals surface area contributed by atoms with Crippen LogP contribution in [0.1, 0.15) is 38.1 Å². The van der Waals surface area contributed by atoms with Crippen LogP contribution in [-0.2, 0) is 0 Å². The van der Waals surface area contributed by atoms with Crippen LogP contribution in [-0.4, -0.2) is 29.5 Å². The molecular formula is C14H24N2O2S. The Morgan fingerprint density at radius 2 is 1.79 bits per heavy atom. The molecule has 5 heteroatoms. The van der Waals surface area contributed by atoms with Gasteiger partial charge in [0.05, 0.1) is 5.56 Å². The Hall–Kier alpha value is -1.49. The smallest absolute Gasteiger partial charge is 0.335 e. The first-order valence-corrected chi connectivity index (χ1v) is 7.48. The average Bonchev–Trinajstić information content (AvgIpc) is 2.49. The Labute approximate surface area is 120 Å². The lowest BCUT2D eigenvalue weighted by Gasteiger charge is -2.18. The van der Waals surface area contributed by atoms with Crippen molar-refractivity contribution < 1.29 is 9.90 Å². The second-order valence-corrected chi connectivity index (χ2v) is 3.72. The van der Waals surface area contributed by atoms with Crippen LogP contribution < -0.4 is 4.90 Å². The second kappa shape index (κ2) is 11.6. The Kier molecular flexibility index (Phi) is 12.1. The molecule has 0 aromatic heterocycles. The van der Waals surface area contributed by atoms with Crippen LogP contribution >= 0.6 is 11.8 Å². The van der Waals surface area contributed by atoms with Gasteiger partial charge in [-0.05, 0) is 24.5 Å². The third-order valence-electron chi connectivity index (χ3n) is 1.98. The maximum atomic E-state index is 10.7. The first kappa shape index (κ1) is 19.8. The van der Waals surface area contributed by atoms with E-state index in [1.165, 1.54) is 17.8 Å². The molecule has 0 bridgehead atoms. The summed E-state index contributed by atoms with van der Waals surface area (Å²) in [6, 6.07) is 6.52. The topological polar surface area (TPSA) is 64.4 Å². The van der Waals surface area contributed by atoms with Gasteiger partial charge in [-0.1, -0.05) is 45.5 Å². The van der Waals surface area contributed by atoms with Gasteiger partial charge in [-0.3, -0.25) is 5.41 Å². The molecule has 1 aromatic rings. The van der Waals surface area contributed by atoms with Crippen molar-refractivity contribution in [3.8, 4) is 0 Å². The maximum Gasteiger partial charge on any atom is 0.335 e. The summed E-state index contributed by atoms with van der Waals surface area (Å²) in [5.74, 6) is -0.957. The highest BCUT2D eigenvalue weighted by atomic mass is 32.2. The molecule has 0 spiro atoms. The number of hydrogen-bond acceptors (Lipinski definition) is 3. The molecule has 0 fully saturated rings. The molecule has 0 saturated carbocycles. The van der Waals surface area contributed by atoms with Crippen LogP contribution in [0.25, 0.3) is 0 Å². The zero-order valence-electron chi connectivity index (χ0n) is 12.5. The molecule has 0 aliphatic heterocycles. The number of hydrogen-bond donors (Lipinski definition) is 2. The average molecular weight is 284 g/mol. The van der Waals surface area contributed by atoms with Crippen molar-refractivity contribution in [1.82, 2.24) is 0 Å². The lowest BCUT2D eigenvalue weighted by Crippen LogP contribution is -2.22. The summed E-state index contributed by atoms with van der Waals surface area (Å²) in [7, 11) is 1.74. The highest BCUT2D eigenvalue weighted by molar-refractivity contribution is 8.13. The highest BCUT2D eigenvalue weighted by Gasteiger charge is 2.08. The minimum absolute atomic E-state index is 0.230. The number of carboxylic acid groups (broad SMARTS) is 1. The van der Waals surface area contributed by atoms with Gasteiger partial charge >= 0.3 is 5.97 Å². The summed E-state index contributed by atoms with van der Waals surface area (Å²) in [5.41, 5.74) is 0.933. The Morgan fingerprint density at radius 3 is 2.21 bits per heavy atom. The first-order chi connectivity index (χ1) is 9.06. The Balaban J connectivity index is 0. The molecule has 0 saturated heterocycles. The molecule has 0 aliphatic carbocycles. The van der Waals surface area contributed by atoms with E-state index in [4.69, 9.17) is 10.5 Å². The van der Waals surface area contributed by atoms with E-state index in [0.29, 0.717) is 10.9 Å². The molecule has 4 nitrogen and oxygen atoms in total. The molecule has 0 heterocycles. The number of anilines is 1. The number of aromatic carboxylic acids is 1. The molecule has 0 aliphatic rings.